The van der Waals surface area contributed by atoms with Gasteiger partial charge in [-0.15, -0.1) is 0 Å². The quantitative estimate of drug-likeness (QED) is 0.276. The summed E-state index contributed by atoms with van der Waals surface area (Å²) in [4.78, 5) is 28.1. The van der Waals surface area contributed by atoms with E-state index in [0.717, 1.165) is 91.4 Å². The fourth-order valence-corrected chi connectivity index (χ4v) is 6.57. The van der Waals surface area contributed by atoms with E-state index in [4.69, 9.17) is 23.7 Å². The molecule has 2 aromatic carbocycles. The number of likely N-dealkylation sites (tertiary alicyclic amines) is 1. The van der Waals surface area contributed by atoms with Gasteiger partial charge in [0.25, 0.3) is 0 Å². The molecule has 0 N–H and O–H groups in total. The second kappa shape index (κ2) is 14.3. The van der Waals surface area contributed by atoms with Crippen molar-refractivity contribution in [3.8, 4) is 11.5 Å². The topological polar surface area (TPSA) is 88.5 Å². The van der Waals surface area contributed by atoms with Gasteiger partial charge in [-0.3, -0.25) is 9.47 Å². The number of hydrogen-bond donors (Lipinski definition) is 0. The van der Waals surface area contributed by atoms with Gasteiger partial charge in [-0.05, 0) is 83.2 Å². The van der Waals surface area contributed by atoms with Gasteiger partial charge < -0.3 is 23.7 Å². The van der Waals surface area contributed by atoms with Gasteiger partial charge in [0.1, 0.15) is 17.1 Å². The highest BCUT2D eigenvalue weighted by Crippen LogP contribution is 2.41. The van der Waals surface area contributed by atoms with Crippen LogP contribution in [-0.4, -0.2) is 67.2 Å². The van der Waals surface area contributed by atoms with E-state index in [9.17, 15) is 9.59 Å². The molecule has 0 aliphatic carbocycles. The van der Waals surface area contributed by atoms with Crippen LogP contribution < -0.4 is 9.47 Å². The van der Waals surface area contributed by atoms with Gasteiger partial charge in [0, 0.05) is 48.4 Å². The molecule has 2 bridgehead atoms. The largest absolute Gasteiger partial charge is 0.496 e. The van der Waals surface area contributed by atoms with Crippen LogP contribution in [0.4, 0.5) is 4.79 Å². The predicted octanol–water partition coefficient (Wildman–Crippen LogP) is 7.59. The zero-order chi connectivity index (χ0) is 32.1. The first kappa shape index (κ1) is 32.8. The number of nitrogens with zero attached hydrogens (tertiary/aromatic N) is 2. The van der Waals surface area contributed by atoms with Crippen LogP contribution in [0.5, 0.6) is 11.5 Å². The fourth-order valence-electron chi connectivity index (χ4n) is 6.57. The maximum absolute atomic E-state index is 13.2. The minimum atomic E-state index is -0.613. The number of aromatic nitrogens is 1. The Labute approximate surface area is 266 Å². The molecule has 5 rings (SSSR count). The number of ether oxygens (including phenoxy) is 5. The SMILES string of the molecule is COC(=O)c1ccc2c(c1)OCCCCCCCO[C@H]1CCN(Cc3c(OC)cc(C)c4c3ccn4C(=O)OC(C)(C)C)[C@H]2C1. The van der Waals surface area contributed by atoms with Crippen molar-refractivity contribution in [1.82, 2.24) is 9.47 Å². The summed E-state index contributed by atoms with van der Waals surface area (Å²) in [6.07, 6.45) is 8.62. The predicted molar refractivity (Wildman–Crippen MR) is 173 cm³/mol. The molecule has 244 valence electrons. The van der Waals surface area contributed by atoms with E-state index >= 15 is 0 Å². The van der Waals surface area contributed by atoms with Gasteiger partial charge in [0.2, 0.25) is 0 Å². The van der Waals surface area contributed by atoms with E-state index in [1.54, 1.807) is 17.9 Å². The second-order valence-corrected chi connectivity index (χ2v) is 13.2. The number of carbonyl (C=O) groups is 2. The maximum Gasteiger partial charge on any atom is 0.419 e. The number of fused-ring (bicyclic) bond motifs is 5. The summed E-state index contributed by atoms with van der Waals surface area (Å²) in [6, 6.07) is 9.61. The summed E-state index contributed by atoms with van der Waals surface area (Å²) in [7, 11) is 3.08. The highest BCUT2D eigenvalue weighted by atomic mass is 16.6. The lowest BCUT2D eigenvalue weighted by Crippen LogP contribution is -2.40. The van der Waals surface area contributed by atoms with Gasteiger partial charge in [-0.1, -0.05) is 25.3 Å². The molecule has 2 aliphatic rings. The molecule has 0 saturated carbocycles. The number of piperidine rings is 1. The summed E-state index contributed by atoms with van der Waals surface area (Å²) in [5, 5.41) is 0.953. The number of carbonyl (C=O) groups excluding carboxylic acids is 2. The minimum Gasteiger partial charge on any atom is -0.496 e. The molecule has 0 radical (unpaired) electrons. The molecule has 1 fully saturated rings. The van der Waals surface area contributed by atoms with E-state index in [1.165, 1.54) is 7.11 Å². The van der Waals surface area contributed by atoms with Gasteiger partial charge in [-0.2, -0.15) is 0 Å². The third kappa shape index (κ3) is 7.64. The molecular formula is C36H48N2O7. The molecule has 2 atom stereocenters. The molecule has 0 amide bonds. The first-order chi connectivity index (χ1) is 21.6. The second-order valence-electron chi connectivity index (χ2n) is 13.2. The third-order valence-electron chi connectivity index (χ3n) is 8.76. The van der Waals surface area contributed by atoms with E-state index in [-0.39, 0.29) is 18.1 Å². The average Bonchev–Trinajstić information content (AvgIpc) is 3.47. The van der Waals surface area contributed by atoms with Gasteiger partial charge in [0.05, 0.1) is 38.0 Å². The Kier molecular flexibility index (Phi) is 10.4. The van der Waals surface area contributed by atoms with Crippen LogP contribution in [0.3, 0.4) is 0 Å². The molecule has 9 nitrogen and oxygen atoms in total. The van der Waals surface area contributed by atoms with Crippen molar-refractivity contribution < 1.29 is 33.3 Å². The van der Waals surface area contributed by atoms with E-state index in [0.29, 0.717) is 24.5 Å². The lowest BCUT2D eigenvalue weighted by Gasteiger charge is -2.40. The molecular weight excluding hydrogens is 572 g/mol. The van der Waals surface area contributed by atoms with Crippen molar-refractivity contribution in [2.24, 2.45) is 0 Å². The number of methoxy groups -OCH3 is 2. The minimum absolute atomic E-state index is 0.0256. The highest BCUT2D eigenvalue weighted by molar-refractivity contribution is 5.95. The Balaban J connectivity index is 1.55. The zero-order valence-electron chi connectivity index (χ0n) is 27.6. The molecule has 0 unspecified atom stereocenters. The van der Waals surface area contributed by atoms with E-state index in [1.807, 2.05) is 58.0 Å². The van der Waals surface area contributed by atoms with Crippen LogP contribution in [0.2, 0.25) is 0 Å². The summed E-state index contributed by atoms with van der Waals surface area (Å²) >= 11 is 0. The number of benzene rings is 2. The number of hydrogen-bond acceptors (Lipinski definition) is 8. The van der Waals surface area contributed by atoms with Gasteiger partial charge >= 0.3 is 12.1 Å². The molecule has 45 heavy (non-hydrogen) atoms. The van der Waals surface area contributed by atoms with Crippen molar-refractivity contribution in [3.05, 3.63) is 58.8 Å². The first-order valence-corrected chi connectivity index (χ1v) is 16.2. The molecule has 2 aliphatic heterocycles. The first-order valence-electron chi connectivity index (χ1n) is 16.2. The van der Waals surface area contributed by atoms with Crippen LogP contribution in [-0.2, 0) is 20.8 Å². The molecule has 1 aromatic heterocycles. The number of aryl methyl sites for hydroxylation is 1. The highest BCUT2D eigenvalue weighted by Gasteiger charge is 2.34. The maximum atomic E-state index is 13.2. The standard InChI is InChI=1S/C36H48N2O7/c1-24-20-31(41-5)29(27-15-17-38(33(24)27)35(40)45-36(2,3)4)23-37-16-14-26-22-30(37)28-13-12-25(34(39)42-6)21-32(28)44-19-11-9-7-8-10-18-43-26/h12-13,15,17,20-21,26,30H,7-11,14,16,18-19,22-23H2,1-6H3/t26-,30-/m0/s1. The van der Waals surface area contributed by atoms with Crippen LogP contribution >= 0.6 is 0 Å². The number of rotatable bonds is 4. The van der Waals surface area contributed by atoms with Gasteiger partial charge in [0.15, 0.2) is 0 Å². The van der Waals surface area contributed by atoms with Crippen LogP contribution in [0.15, 0.2) is 36.5 Å². The Hall–Kier alpha value is -3.56. The monoisotopic (exact) mass is 620 g/mol. The average molecular weight is 621 g/mol. The summed E-state index contributed by atoms with van der Waals surface area (Å²) in [6.45, 7) is 10.4. The summed E-state index contributed by atoms with van der Waals surface area (Å²) in [5.41, 5.74) is 3.64. The van der Waals surface area contributed by atoms with Crippen LogP contribution in [0.25, 0.3) is 10.9 Å². The zero-order valence-corrected chi connectivity index (χ0v) is 27.6. The van der Waals surface area contributed by atoms with Crippen LogP contribution in [0.1, 0.15) is 98.8 Å². The van der Waals surface area contributed by atoms with Crippen molar-refractivity contribution in [2.75, 3.05) is 34.0 Å². The Morgan fingerprint density at radius 1 is 1.00 bits per heavy atom. The Bertz CT molecular complexity index is 1510. The normalized spacial score (nSPS) is 20.0. The van der Waals surface area contributed by atoms with Crippen LogP contribution in [0, 0.1) is 6.92 Å². The fraction of sp³-hybridized carbons (Fsp3) is 0.556. The molecule has 9 heteroatoms. The van der Waals surface area contributed by atoms with E-state index in [2.05, 4.69) is 4.90 Å². The number of esters is 1. The smallest absolute Gasteiger partial charge is 0.419 e. The van der Waals surface area contributed by atoms with E-state index < -0.39 is 11.7 Å². The van der Waals surface area contributed by atoms with Crippen molar-refractivity contribution >= 4 is 23.0 Å². The van der Waals surface area contributed by atoms with Crippen molar-refractivity contribution in [1.29, 1.82) is 0 Å². The molecule has 3 aromatic rings. The summed E-state index contributed by atoms with van der Waals surface area (Å²) in [5.74, 6) is 1.10. The van der Waals surface area contributed by atoms with Crippen molar-refractivity contribution in [3.63, 3.8) is 0 Å². The lowest BCUT2D eigenvalue weighted by atomic mass is 9.90. The Morgan fingerprint density at radius 3 is 2.49 bits per heavy atom. The summed E-state index contributed by atoms with van der Waals surface area (Å²) < 4.78 is 31.1. The molecule has 0 spiro atoms. The Morgan fingerprint density at radius 2 is 1.76 bits per heavy atom. The lowest BCUT2D eigenvalue weighted by molar-refractivity contribution is -0.0209. The molecule has 3 heterocycles. The van der Waals surface area contributed by atoms with Crippen molar-refractivity contribution in [2.45, 2.75) is 96.9 Å². The third-order valence-corrected chi connectivity index (χ3v) is 8.76. The molecule has 1 saturated heterocycles. The van der Waals surface area contributed by atoms with Gasteiger partial charge in [-0.25, -0.2) is 9.59 Å².